The van der Waals surface area contributed by atoms with E-state index in [1.807, 2.05) is 0 Å². The van der Waals surface area contributed by atoms with Crippen LogP contribution in [0.1, 0.15) is 19.3 Å². The molecular formula is C12H18Br2N2O3S2. The first-order chi connectivity index (χ1) is 9.95. The van der Waals surface area contributed by atoms with E-state index >= 15 is 0 Å². The summed E-state index contributed by atoms with van der Waals surface area (Å²) in [5, 5.41) is 0. The molecule has 1 aliphatic heterocycles. The summed E-state index contributed by atoms with van der Waals surface area (Å²) in [5.74, 6) is 0. The quantitative estimate of drug-likeness (QED) is 0.661. The number of rotatable bonds is 6. The highest BCUT2D eigenvalue weighted by molar-refractivity contribution is 9.12. The van der Waals surface area contributed by atoms with Crippen LogP contribution in [0.4, 0.5) is 0 Å². The molecule has 0 amide bonds. The standard InChI is InChI=1S/C12H18Br2N2O3S2/c13-11-8-10(12(14)20-11)21(17,18)16-5-2-9(3-6-16)19-7-1-4-15/h8-9H,1-7,15H2. The van der Waals surface area contributed by atoms with Gasteiger partial charge >= 0.3 is 0 Å². The third-order valence-corrected chi connectivity index (χ3v) is 8.00. The fourth-order valence-corrected chi connectivity index (χ4v) is 7.44. The molecule has 0 atom stereocenters. The van der Waals surface area contributed by atoms with Gasteiger partial charge in [0.2, 0.25) is 10.0 Å². The van der Waals surface area contributed by atoms with E-state index < -0.39 is 10.0 Å². The first kappa shape index (κ1) is 17.8. The molecule has 1 fully saturated rings. The predicted molar refractivity (Wildman–Crippen MR) is 91.1 cm³/mol. The van der Waals surface area contributed by atoms with E-state index in [0.29, 0.717) is 34.9 Å². The lowest BCUT2D eigenvalue weighted by Gasteiger charge is -2.31. The van der Waals surface area contributed by atoms with Crippen molar-refractivity contribution in [2.24, 2.45) is 5.73 Å². The van der Waals surface area contributed by atoms with E-state index in [1.54, 1.807) is 6.07 Å². The normalized spacial score (nSPS) is 18.2. The van der Waals surface area contributed by atoms with Gasteiger partial charge < -0.3 is 10.5 Å². The van der Waals surface area contributed by atoms with Gasteiger partial charge in [-0.05, 0) is 63.7 Å². The molecule has 9 heteroatoms. The summed E-state index contributed by atoms with van der Waals surface area (Å²) in [6.45, 7) is 2.26. The van der Waals surface area contributed by atoms with Crippen molar-refractivity contribution in [2.45, 2.75) is 30.3 Å². The van der Waals surface area contributed by atoms with Crippen molar-refractivity contribution in [1.29, 1.82) is 0 Å². The van der Waals surface area contributed by atoms with Crippen LogP contribution in [0.25, 0.3) is 0 Å². The zero-order valence-electron chi connectivity index (χ0n) is 11.4. The Hall–Kier alpha value is 0.490. The molecule has 0 saturated carbocycles. The van der Waals surface area contributed by atoms with Crippen molar-refractivity contribution in [3.05, 3.63) is 13.6 Å². The van der Waals surface area contributed by atoms with Crippen LogP contribution in [0.2, 0.25) is 0 Å². The lowest BCUT2D eigenvalue weighted by atomic mass is 10.1. The smallest absolute Gasteiger partial charge is 0.245 e. The highest BCUT2D eigenvalue weighted by atomic mass is 79.9. The number of thiophene rings is 1. The van der Waals surface area contributed by atoms with Gasteiger partial charge in [-0.15, -0.1) is 11.3 Å². The molecule has 120 valence electrons. The molecular weight excluding hydrogens is 444 g/mol. The molecule has 0 unspecified atom stereocenters. The lowest BCUT2D eigenvalue weighted by Crippen LogP contribution is -2.40. The Morgan fingerprint density at radius 2 is 2.05 bits per heavy atom. The first-order valence-corrected chi connectivity index (χ1v) is 10.6. The van der Waals surface area contributed by atoms with Gasteiger partial charge in [-0.2, -0.15) is 4.31 Å². The van der Waals surface area contributed by atoms with E-state index in [9.17, 15) is 8.42 Å². The van der Waals surface area contributed by atoms with Crippen molar-refractivity contribution in [3.8, 4) is 0 Å². The van der Waals surface area contributed by atoms with E-state index in [1.165, 1.54) is 15.6 Å². The number of nitrogens with zero attached hydrogens (tertiary/aromatic N) is 1. The van der Waals surface area contributed by atoms with E-state index in [-0.39, 0.29) is 6.10 Å². The van der Waals surface area contributed by atoms with Gasteiger partial charge in [0.25, 0.3) is 0 Å². The van der Waals surface area contributed by atoms with Crippen LogP contribution >= 0.6 is 43.2 Å². The Balaban J connectivity index is 1.96. The monoisotopic (exact) mass is 460 g/mol. The molecule has 0 spiro atoms. The van der Waals surface area contributed by atoms with Crippen molar-refractivity contribution in [2.75, 3.05) is 26.2 Å². The van der Waals surface area contributed by atoms with Gasteiger partial charge in [0, 0.05) is 19.7 Å². The zero-order chi connectivity index (χ0) is 15.5. The number of halogens is 2. The predicted octanol–water partition coefficient (Wildman–Crippen LogP) is 2.79. The SMILES string of the molecule is NCCCOC1CCN(S(=O)(=O)c2cc(Br)sc2Br)CC1. The van der Waals surface area contributed by atoms with Crippen LogP contribution in [0.3, 0.4) is 0 Å². The molecule has 2 rings (SSSR count). The average Bonchev–Trinajstić information content (AvgIpc) is 2.79. The number of ether oxygens (including phenoxy) is 1. The molecule has 5 nitrogen and oxygen atoms in total. The highest BCUT2D eigenvalue weighted by Crippen LogP contribution is 2.37. The maximum atomic E-state index is 12.6. The van der Waals surface area contributed by atoms with Crippen molar-refractivity contribution < 1.29 is 13.2 Å². The minimum atomic E-state index is -3.43. The highest BCUT2D eigenvalue weighted by Gasteiger charge is 2.32. The van der Waals surface area contributed by atoms with Crippen LogP contribution < -0.4 is 5.73 Å². The van der Waals surface area contributed by atoms with Crippen LogP contribution in [-0.2, 0) is 14.8 Å². The molecule has 0 aliphatic carbocycles. The molecule has 2 heterocycles. The van der Waals surface area contributed by atoms with E-state index in [0.717, 1.165) is 23.0 Å². The Labute approximate surface area is 146 Å². The first-order valence-electron chi connectivity index (χ1n) is 6.72. The van der Waals surface area contributed by atoms with Crippen LogP contribution in [0, 0.1) is 0 Å². The van der Waals surface area contributed by atoms with Gasteiger partial charge in [0.15, 0.2) is 0 Å². The second-order valence-electron chi connectivity index (χ2n) is 4.80. The second-order valence-corrected chi connectivity index (χ2v) is 10.5. The Morgan fingerprint density at radius 1 is 1.38 bits per heavy atom. The Morgan fingerprint density at radius 3 is 2.57 bits per heavy atom. The summed E-state index contributed by atoms with van der Waals surface area (Å²) in [5.41, 5.74) is 5.43. The third-order valence-electron chi connectivity index (χ3n) is 3.35. The van der Waals surface area contributed by atoms with Gasteiger partial charge in [-0.1, -0.05) is 0 Å². The third kappa shape index (κ3) is 4.49. The topological polar surface area (TPSA) is 72.6 Å². The molecule has 1 aromatic rings. The van der Waals surface area contributed by atoms with E-state index in [2.05, 4.69) is 31.9 Å². The molecule has 1 aliphatic rings. The maximum Gasteiger partial charge on any atom is 0.245 e. The summed E-state index contributed by atoms with van der Waals surface area (Å²) in [7, 11) is -3.43. The van der Waals surface area contributed by atoms with Crippen molar-refractivity contribution in [1.82, 2.24) is 4.31 Å². The molecule has 1 saturated heterocycles. The number of hydrogen-bond donors (Lipinski definition) is 1. The van der Waals surface area contributed by atoms with Crippen molar-refractivity contribution in [3.63, 3.8) is 0 Å². The molecule has 0 radical (unpaired) electrons. The van der Waals surface area contributed by atoms with Crippen molar-refractivity contribution >= 4 is 53.2 Å². The molecule has 0 aromatic carbocycles. The van der Waals surface area contributed by atoms with Gasteiger partial charge in [0.1, 0.15) is 4.90 Å². The summed E-state index contributed by atoms with van der Waals surface area (Å²) in [6.07, 6.45) is 2.44. The second kappa shape index (κ2) is 7.85. The maximum absolute atomic E-state index is 12.6. The Bertz CT molecular complexity index is 569. The van der Waals surface area contributed by atoms with Gasteiger partial charge in [-0.3, -0.25) is 0 Å². The van der Waals surface area contributed by atoms with Crippen LogP contribution in [-0.4, -0.2) is 45.1 Å². The largest absolute Gasteiger partial charge is 0.378 e. The molecule has 0 bridgehead atoms. The lowest BCUT2D eigenvalue weighted by molar-refractivity contribution is 0.0209. The molecule has 2 N–H and O–H groups in total. The number of piperidine rings is 1. The summed E-state index contributed by atoms with van der Waals surface area (Å²) >= 11 is 8.00. The Kier molecular flexibility index (Phi) is 6.67. The molecule has 21 heavy (non-hydrogen) atoms. The fraction of sp³-hybridized carbons (Fsp3) is 0.667. The van der Waals surface area contributed by atoms with Gasteiger partial charge in [-0.25, -0.2) is 8.42 Å². The van der Waals surface area contributed by atoms with Gasteiger partial charge in [0.05, 0.1) is 13.7 Å². The molecule has 1 aromatic heterocycles. The summed E-state index contributed by atoms with van der Waals surface area (Å²) in [4.78, 5) is 0.335. The van der Waals surface area contributed by atoms with E-state index in [4.69, 9.17) is 10.5 Å². The fourth-order valence-electron chi connectivity index (χ4n) is 2.21. The number of hydrogen-bond acceptors (Lipinski definition) is 5. The summed E-state index contributed by atoms with van der Waals surface area (Å²) < 4.78 is 33.9. The van der Waals surface area contributed by atoms with Crippen LogP contribution in [0.5, 0.6) is 0 Å². The number of nitrogens with two attached hydrogens (primary N) is 1. The average molecular weight is 462 g/mol. The summed E-state index contributed by atoms with van der Waals surface area (Å²) in [6, 6.07) is 1.65. The minimum Gasteiger partial charge on any atom is -0.378 e. The number of sulfonamides is 1. The minimum absolute atomic E-state index is 0.139. The van der Waals surface area contributed by atoms with Crippen LogP contribution in [0.15, 0.2) is 18.5 Å². The zero-order valence-corrected chi connectivity index (χ0v) is 16.2.